The number of para-hydroxylation sites is 1. The third kappa shape index (κ3) is 5.00. The molecule has 0 unspecified atom stereocenters. The number of rotatable bonds is 9. The maximum atomic E-state index is 12.4. The van der Waals surface area contributed by atoms with Crippen LogP contribution in [-0.4, -0.2) is 34.8 Å². The fourth-order valence-electron chi connectivity index (χ4n) is 3.41. The first kappa shape index (κ1) is 20.0. The van der Waals surface area contributed by atoms with E-state index in [1.54, 1.807) is 11.3 Å². The molecule has 2 N–H and O–H groups in total. The zero-order valence-electron chi connectivity index (χ0n) is 16.0. The molecule has 1 aliphatic rings. The van der Waals surface area contributed by atoms with Crippen LogP contribution >= 0.6 is 23.1 Å². The van der Waals surface area contributed by atoms with Gasteiger partial charge in [0.2, 0.25) is 5.91 Å². The molecule has 6 nitrogen and oxygen atoms in total. The summed E-state index contributed by atoms with van der Waals surface area (Å²) in [6.07, 6.45) is 3.91. The molecule has 2 aromatic heterocycles. The van der Waals surface area contributed by atoms with Crippen molar-refractivity contribution in [2.75, 3.05) is 18.9 Å². The van der Waals surface area contributed by atoms with Crippen LogP contribution in [0.1, 0.15) is 29.1 Å². The molecule has 0 aliphatic heterocycles. The molecular formula is C21H23N3O3S2. The average Bonchev–Trinajstić information content (AvgIpc) is 3.29. The van der Waals surface area contributed by atoms with Crippen LogP contribution in [0.3, 0.4) is 0 Å². The van der Waals surface area contributed by atoms with Gasteiger partial charge in [-0.05, 0) is 43.4 Å². The van der Waals surface area contributed by atoms with Crippen molar-refractivity contribution in [3.8, 4) is 5.75 Å². The number of ether oxygens (including phenoxy) is 1. The minimum absolute atomic E-state index is 0.0202. The van der Waals surface area contributed by atoms with E-state index in [1.165, 1.54) is 22.2 Å². The Bertz CT molecular complexity index is 1050. The van der Waals surface area contributed by atoms with Crippen LogP contribution in [0, 0.1) is 0 Å². The van der Waals surface area contributed by atoms with Gasteiger partial charge in [0.1, 0.15) is 16.4 Å². The van der Waals surface area contributed by atoms with E-state index in [2.05, 4.69) is 15.3 Å². The lowest BCUT2D eigenvalue weighted by Crippen LogP contribution is -2.27. The molecule has 2 heterocycles. The summed E-state index contributed by atoms with van der Waals surface area (Å²) in [5.41, 5.74) is 1.14. The van der Waals surface area contributed by atoms with E-state index in [1.807, 2.05) is 30.3 Å². The molecule has 29 heavy (non-hydrogen) atoms. The van der Waals surface area contributed by atoms with Gasteiger partial charge in [-0.2, -0.15) is 0 Å². The Hall–Kier alpha value is -2.32. The largest absolute Gasteiger partial charge is 0.494 e. The molecule has 0 radical (unpaired) electrons. The SMILES string of the molecule is O=C(CSCc1nc2sc3c(c2c(=O)[nH]1)CCC3)NCCCOc1ccccc1. The molecule has 1 aliphatic carbocycles. The fourth-order valence-corrected chi connectivity index (χ4v) is 5.41. The van der Waals surface area contributed by atoms with Crippen molar-refractivity contribution in [1.29, 1.82) is 0 Å². The summed E-state index contributed by atoms with van der Waals surface area (Å²) in [5, 5.41) is 3.66. The topological polar surface area (TPSA) is 84.1 Å². The number of carbonyl (C=O) groups excluding carboxylic acids is 1. The van der Waals surface area contributed by atoms with Crippen LogP contribution in [-0.2, 0) is 23.4 Å². The van der Waals surface area contributed by atoms with E-state index in [0.29, 0.717) is 30.5 Å². The van der Waals surface area contributed by atoms with Gasteiger partial charge in [-0.15, -0.1) is 23.1 Å². The molecule has 3 aromatic rings. The first-order valence-corrected chi connectivity index (χ1v) is 11.7. The van der Waals surface area contributed by atoms with Crippen molar-refractivity contribution < 1.29 is 9.53 Å². The number of nitrogens with one attached hydrogen (secondary N) is 2. The monoisotopic (exact) mass is 429 g/mol. The number of amides is 1. The highest BCUT2D eigenvalue weighted by Crippen LogP contribution is 2.34. The fraction of sp³-hybridized carbons (Fsp3) is 0.381. The molecule has 0 saturated carbocycles. The Kier molecular flexibility index (Phi) is 6.51. The second-order valence-electron chi connectivity index (χ2n) is 6.91. The summed E-state index contributed by atoms with van der Waals surface area (Å²) < 4.78 is 5.60. The van der Waals surface area contributed by atoms with Crippen LogP contribution in [0.15, 0.2) is 35.1 Å². The van der Waals surface area contributed by atoms with Gasteiger partial charge < -0.3 is 15.0 Å². The standard InChI is InChI=1S/C21H23N3O3S2/c25-18(22-10-5-11-27-14-6-2-1-3-7-14)13-28-12-17-23-20(26)19-15-8-4-9-16(15)29-21(19)24-17/h1-3,6-7H,4-5,8-13H2,(H,22,25)(H,23,24,26). The van der Waals surface area contributed by atoms with Gasteiger partial charge in [-0.25, -0.2) is 4.98 Å². The highest BCUT2D eigenvalue weighted by molar-refractivity contribution is 7.99. The van der Waals surface area contributed by atoms with E-state index in [4.69, 9.17) is 4.74 Å². The number of fused-ring (bicyclic) bond motifs is 3. The normalized spacial score (nSPS) is 12.8. The zero-order chi connectivity index (χ0) is 20.1. The van der Waals surface area contributed by atoms with Crippen molar-refractivity contribution in [3.63, 3.8) is 0 Å². The van der Waals surface area contributed by atoms with E-state index >= 15 is 0 Å². The minimum atomic E-state index is -0.0483. The lowest BCUT2D eigenvalue weighted by atomic mass is 10.2. The average molecular weight is 430 g/mol. The molecule has 1 aromatic carbocycles. The lowest BCUT2D eigenvalue weighted by Gasteiger charge is -2.07. The Morgan fingerprint density at radius 3 is 3.00 bits per heavy atom. The highest BCUT2D eigenvalue weighted by atomic mass is 32.2. The van der Waals surface area contributed by atoms with E-state index in [0.717, 1.165) is 41.6 Å². The van der Waals surface area contributed by atoms with Gasteiger partial charge in [-0.1, -0.05) is 18.2 Å². The summed E-state index contributed by atoms with van der Waals surface area (Å²) >= 11 is 3.09. The van der Waals surface area contributed by atoms with Gasteiger partial charge in [-0.3, -0.25) is 9.59 Å². The van der Waals surface area contributed by atoms with E-state index in [9.17, 15) is 9.59 Å². The van der Waals surface area contributed by atoms with Crippen LogP contribution in [0.2, 0.25) is 0 Å². The number of aromatic amines is 1. The molecule has 0 fully saturated rings. The first-order valence-electron chi connectivity index (χ1n) is 9.76. The molecule has 8 heteroatoms. The smallest absolute Gasteiger partial charge is 0.259 e. The number of nitrogens with zero attached hydrogens (tertiary/aromatic N) is 1. The van der Waals surface area contributed by atoms with Crippen molar-refractivity contribution in [2.45, 2.75) is 31.4 Å². The number of thiophene rings is 1. The van der Waals surface area contributed by atoms with E-state index in [-0.39, 0.29) is 11.5 Å². The van der Waals surface area contributed by atoms with Crippen LogP contribution < -0.4 is 15.6 Å². The van der Waals surface area contributed by atoms with Crippen molar-refractivity contribution >= 4 is 39.2 Å². The molecule has 0 atom stereocenters. The third-order valence-electron chi connectivity index (χ3n) is 4.75. The molecule has 1 amide bonds. The maximum absolute atomic E-state index is 12.4. The second kappa shape index (κ2) is 9.45. The summed E-state index contributed by atoms with van der Waals surface area (Å²) in [7, 11) is 0. The number of aryl methyl sites for hydroxylation is 2. The summed E-state index contributed by atoms with van der Waals surface area (Å²) in [6, 6.07) is 9.63. The van der Waals surface area contributed by atoms with Crippen LogP contribution in [0.4, 0.5) is 0 Å². The molecular weight excluding hydrogens is 406 g/mol. The van der Waals surface area contributed by atoms with Crippen molar-refractivity contribution in [2.24, 2.45) is 0 Å². The molecule has 0 saturated heterocycles. The number of hydrogen-bond acceptors (Lipinski definition) is 6. The van der Waals surface area contributed by atoms with Gasteiger partial charge in [0.25, 0.3) is 5.56 Å². The maximum Gasteiger partial charge on any atom is 0.259 e. The number of thioether (sulfide) groups is 1. The van der Waals surface area contributed by atoms with Gasteiger partial charge in [0.05, 0.1) is 23.5 Å². The van der Waals surface area contributed by atoms with Gasteiger partial charge in [0.15, 0.2) is 0 Å². The highest BCUT2D eigenvalue weighted by Gasteiger charge is 2.21. The van der Waals surface area contributed by atoms with Crippen LogP contribution in [0.5, 0.6) is 5.75 Å². The lowest BCUT2D eigenvalue weighted by molar-refractivity contribution is -0.118. The number of aromatic nitrogens is 2. The zero-order valence-corrected chi connectivity index (χ0v) is 17.7. The van der Waals surface area contributed by atoms with Gasteiger partial charge in [0, 0.05) is 11.4 Å². The molecule has 0 spiro atoms. The summed E-state index contributed by atoms with van der Waals surface area (Å²) in [6.45, 7) is 1.14. The Labute approximate surface area is 177 Å². The predicted molar refractivity (Wildman–Crippen MR) is 118 cm³/mol. The first-order chi connectivity index (χ1) is 14.2. The van der Waals surface area contributed by atoms with Crippen molar-refractivity contribution in [1.82, 2.24) is 15.3 Å². The number of carbonyl (C=O) groups is 1. The summed E-state index contributed by atoms with van der Waals surface area (Å²) in [4.78, 5) is 34.0. The number of hydrogen-bond donors (Lipinski definition) is 2. The molecule has 0 bridgehead atoms. The minimum Gasteiger partial charge on any atom is -0.494 e. The molecule has 4 rings (SSSR count). The quantitative estimate of drug-likeness (QED) is 0.510. The van der Waals surface area contributed by atoms with E-state index < -0.39 is 0 Å². The summed E-state index contributed by atoms with van der Waals surface area (Å²) in [5.74, 6) is 2.30. The second-order valence-corrected chi connectivity index (χ2v) is 8.98. The Morgan fingerprint density at radius 1 is 1.28 bits per heavy atom. The van der Waals surface area contributed by atoms with Crippen LogP contribution in [0.25, 0.3) is 10.2 Å². The van der Waals surface area contributed by atoms with Gasteiger partial charge >= 0.3 is 0 Å². The van der Waals surface area contributed by atoms with Crippen molar-refractivity contribution in [3.05, 3.63) is 57.0 Å². The Morgan fingerprint density at radius 2 is 2.14 bits per heavy atom. The molecule has 152 valence electrons. The number of benzene rings is 1. The Balaban J connectivity index is 1.18. The predicted octanol–water partition coefficient (Wildman–Crippen LogP) is 3.29. The number of H-pyrrole nitrogens is 1. The third-order valence-corrected chi connectivity index (χ3v) is 6.88.